The summed E-state index contributed by atoms with van der Waals surface area (Å²) in [5.74, 6) is 0.441. The second-order valence-electron chi connectivity index (χ2n) is 5.73. The van der Waals surface area contributed by atoms with Crippen LogP contribution in [0.15, 0.2) is 18.2 Å². The second kappa shape index (κ2) is 10.7. The van der Waals surface area contributed by atoms with Crippen LogP contribution in [0, 0.1) is 6.92 Å². The van der Waals surface area contributed by atoms with Crippen molar-refractivity contribution in [1.29, 1.82) is 0 Å². The Morgan fingerprint density at radius 3 is 2.30 bits per heavy atom. The van der Waals surface area contributed by atoms with Crippen LogP contribution in [0.5, 0.6) is 5.75 Å². The van der Waals surface area contributed by atoms with Crippen molar-refractivity contribution >= 4 is 0 Å². The van der Waals surface area contributed by atoms with E-state index in [0.29, 0.717) is 5.75 Å². The molecule has 0 amide bonds. The average Bonchev–Trinajstić information content (AvgIpc) is 2.45. The molecule has 2 N–H and O–H groups in total. The fraction of sp³-hybridized carbons (Fsp3) is 0.667. The number of nitrogens with one attached hydrogen (secondary N) is 1. The van der Waals surface area contributed by atoms with Crippen molar-refractivity contribution in [2.24, 2.45) is 0 Å². The first kappa shape index (κ1) is 17.0. The van der Waals surface area contributed by atoms with Crippen LogP contribution in [0.3, 0.4) is 0 Å². The summed E-state index contributed by atoms with van der Waals surface area (Å²) in [4.78, 5) is 0. The van der Waals surface area contributed by atoms with Crippen molar-refractivity contribution in [1.82, 2.24) is 5.32 Å². The van der Waals surface area contributed by atoms with Crippen molar-refractivity contribution in [2.75, 3.05) is 6.54 Å². The third kappa shape index (κ3) is 6.95. The average molecular weight is 277 g/mol. The molecule has 114 valence electrons. The van der Waals surface area contributed by atoms with Gasteiger partial charge in [-0.3, -0.25) is 0 Å². The first-order valence-electron chi connectivity index (χ1n) is 8.24. The van der Waals surface area contributed by atoms with Crippen LogP contribution in [0.1, 0.15) is 69.4 Å². The van der Waals surface area contributed by atoms with Crippen LogP contribution in [-0.2, 0) is 6.54 Å². The topological polar surface area (TPSA) is 32.3 Å². The Morgan fingerprint density at radius 2 is 1.60 bits per heavy atom. The SMILES string of the molecule is CCCCCCCCCCNCc1cccc(C)c1O. The fourth-order valence-corrected chi connectivity index (χ4v) is 2.47. The smallest absolute Gasteiger partial charge is 0.122 e. The zero-order valence-electron chi connectivity index (χ0n) is 13.3. The van der Waals surface area contributed by atoms with Gasteiger partial charge in [0.1, 0.15) is 5.75 Å². The summed E-state index contributed by atoms with van der Waals surface area (Å²) in [6, 6.07) is 5.93. The first-order chi connectivity index (χ1) is 9.75. The molecule has 0 bridgehead atoms. The number of para-hydroxylation sites is 1. The molecule has 2 nitrogen and oxygen atoms in total. The lowest BCUT2D eigenvalue weighted by Gasteiger charge is -2.08. The molecule has 0 aliphatic heterocycles. The molecular formula is C18H31NO. The molecule has 0 spiro atoms. The highest BCUT2D eigenvalue weighted by molar-refractivity contribution is 5.39. The Morgan fingerprint density at radius 1 is 0.950 bits per heavy atom. The second-order valence-corrected chi connectivity index (χ2v) is 5.73. The highest BCUT2D eigenvalue weighted by Crippen LogP contribution is 2.20. The number of aromatic hydroxyl groups is 1. The zero-order valence-corrected chi connectivity index (χ0v) is 13.3. The highest BCUT2D eigenvalue weighted by Gasteiger charge is 2.02. The molecule has 0 aromatic heterocycles. The minimum Gasteiger partial charge on any atom is -0.507 e. The van der Waals surface area contributed by atoms with E-state index in [0.717, 1.165) is 24.2 Å². The van der Waals surface area contributed by atoms with Gasteiger partial charge < -0.3 is 10.4 Å². The minimum atomic E-state index is 0.441. The number of hydrogen-bond acceptors (Lipinski definition) is 2. The minimum absolute atomic E-state index is 0.441. The van der Waals surface area contributed by atoms with Crippen LogP contribution in [0.2, 0.25) is 0 Å². The summed E-state index contributed by atoms with van der Waals surface area (Å²) in [6.07, 6.45) is 10.8. The number of hydrogen-bond donors (Lipinski definition) is 2. The molecule has 0 saturated carbocycles. The van der Waals surface area contributed by atoms with Gasteiger partial charge in [-0.2, -0.15) is 0 Å². The zero-order chi connectivity index (χ0) is 14.6. The normalized spacial score (nSPS) is 10.9. The molecular weight excluding hydrogens is 246 g/mol. The van der Waals surface area contributed by atoms with Crippen molar-refractivity contribution in [3.8, 4) is 5.75 Å². The predicted octanol–water partition coefficient (Wildman–Crippen LogP) is 4.93. The number of aryl methyl sites for hydroxylation is 1. The molecule has 0 radical (unpaired) electrons. The van der Waals surface area contributed by atoms with Crippen LogP contribution in [0.25, 0.3) is 0 Å². The molecule has 0 saturated heterocycles. The summed E-state index contributed by atoms with van der Waals surface area (Å²) in [5.41, 5.74) is 1.96. The van der Waals surface area contributed by atoms with Crippen molar-refractivity contribution in [2.45, 2.75) is 71.8 Å². The van der Waals surface area contributed by atoms with E-state index >= 15 is 0 Å². The molecule has 0 aliphatic rings. The van der Waals surface area contributed by atoms with Gasteiger partial charge in [0.05, 0.1) is 0 Å². The number of unbranched alkanes of at least 4 members (excludes halogenated alkanes) is 7. The van der Waals surface area contributed by atoms with E-state index in [-0.39, 0.29) is 0 Å². The summed E-state index contributed by atoms with van der Waals surface area (Å²) in [5, 5.41) is 13.3. The highest BCUT2D eigenvalue weighted by atomic mass is 16.3. The largest absolute Gasteiger partial charge is 0.507 e. The Hall–Kier alpha value is -1.02. The number of rotatable bonds is 11. The lowest BCUT2D eigenvalue weighted by Crippen LogP contribution is -2.14. The lowest BCUT2D eigenvalue weighted by atomic mass is 10.1. The maximum Gasteiger partial charge on any atom is 0.122 e. The van der Waals surface area contributed by atoms with Crippen molar-refractivity contribution < 1.29 is 5.11 Å². The molecule has 1 aromatic rings. The summed E-state index contributed by atoms with van der Waals surface area (Å²) < 4.78 is 0. The molecule has 0 aliphatic carbocycles. The summed E-state index contributed by atoms with van der Waals surface area (Å²) in [7, 11) is 0. The van der Waals surface area contributed by atoms with Gasteiger partial charge in [-0.25, -0.2) is 0 Å². The Bertz CT molecular complexity index is 362. The van der Waals surface area contributed by atoms with E-state index in [4.69, 9.17) is 0 Å². The van der Waals surface area contributed by atoms with E-state index in [2.05, 4.69) is 12.2 Å². The van der Waals surface area contributed by atoms with E-state index in [1.807, 2.05) is 25.1 Å². The standard InChI is InChI=1S/C18H31NO/c1-3-4-5-6-7-8-9-10-14-19-15-17-13-11-12-16(2)18(17)20/h11-13,19-20H,3-10,14-15H2,1-2H3. The maximum absolute atomic E-state index is 9.90. The van der Waals surface area contributed by atoms with Gasteiger partial charge >= 0.3 is 0 Å². The molecule has 0 atom stereocenters. The van der Waals surface area contributed by atoms with Crippen molar-refractivity contribution in [3.05, 3.63) is 29.3 Å². The molecule has 0 heterocycles. The van der Waals surface area contributed by atoms with Crippen LogP contribution in [-0.4, -0.2) is 11.7 Å². The molecule has 2 heteroatoms. The van der Waals surface area contributed by atoms with Gasteiger partial charge in [0.15, 0.2) is 0 Å². The molecule has 0 fully saturated rings. The third-order valence-electron chi connectivity index (χ3n) is 3.84. The Balaban J connectivity index is 1.98. The van der Waals surface area contributed by atoms with E-state index in [1.165, 1.54) is 51.4 Å². The Labute approximate surface area is 124 Å². The Kier molecular flexibility index (Phi) is 9.14. The quantitative estimate of drug-likeness (QED) is 0.562. The number of benzene rings is 1. The first-order valence-corrected chi connectivity index (χ1v) is 8.24. The van der Waals surface area contributed by atoms with Gasteiger partial charge in [0, 0.05) is 12.1 Å². The van der Waals surface area contributed by atoms with Gasteiger partial charge in [-0.15, -0.1) is 0 Å². The summed E-state index contributed by atoms with van der Waals surface area (Å²) in [6.45, 7) is 6.02. The van der Waals surface area contributed by atoms with E-state index in [1.54, 1.807) is 0 Å². The monoisotopic (exact) mass is 277 g/mol. The molecule has 1 rings (SSSR count). The van der Waals surface area contributed by atoms with Crippen LogP contribution >= 0.6 is 0 Å². The molecule has 1 aromatic carbocycles. The maximum atomic E-state index is 9.90. The van der Waals surface area contributed by atoms with E-state index < -0.39 is 0 Å². The van der Waals surface area contributed by atoms with E-state index in [9.17, 15) is 5.11 Å². The van der Waals surface area contributed by atoms with Gasteiger partial charge in [-0.1, -0.05) is 70.1 Å². The molecule has 0 unspecified atom stereocenters. The number of phenols is 1. The third-order valence-corrected chi connectivity index (χ3v) is 3.84. The van der Waals surface area contributed by atoms with Crippen LogP contribution in [0.4, 0.5) is 0 Å². The van der Waals surface area contributed by atoms with Gasteiger partial charge in [0.25, 0.3) is 0 Å². The van der Waals surface area contributed by atoms with Crippen LogP contribution < -0.4 is 5.32 Å². The number of phenolic OH excluding ortho intramolecular Hbond substituents is 1. The van der Waals surface area contributed by atoms with Crippen molar-refractivity contribution in [3.63, 3.8) is 0 Å². The fourth-order valence-electron chi connectivity index (χ4n) is 2.47. The van der Waals surface area contributed by atoms with Gasteiger partial charge in [0.2, 0.25) is 0 Å². The predicted molar refractivity (Wildman–Crippen MR) is 87.2 cm³/mol. The lowest BCUT2D eigenvalue weighted by molar-refractivity contribution is 0.459. The molecule has 20 heavy (non-hydrogen) atoms. The summed E-state index contributed by atoms with van der Waals surface area (Å²) >= 11 is 0. The van der Waals surface area contributed by atoms with Gasteiger partial charge in [-0.05, 0) is 25.5 Å².